The standard InChI is InChI=1S/C19H17Cl2N3O5S.C17H25N3O5S.Na/c1-7-10(12(23-29-7)11-8(20)5-4-6-9(11)21)15(25)22-13-16(26)24-14(18(27)28)19(2,3)30-17(13)24;1-7-12-11(8(2)21)16(23)20(12)13(17(24)25)14(7)26-9-5-10(18-6-9)15(22)19(3)4;/h4-6,13-14,17H,1-3H3,(H,22,25)(H,27,28);7-12,18,21H,5-6H2,1-4H3,(H,24,25);/q;;+1/p-1/t13-,14+,17-;7-,8-,9+,10+,11-,12-;/m11./s1. The summed E-state index contributed by atoms with van der Waals surface area (Å²) >= 11 is 15.2. The number of thioether (sulfide) groups is 2. The number of aliphatic hydroxyl groups is 1. The van der Waals surface area contributed by atoms with E-state index in [1.165, 1.54) is 33.3 Å². The summed E-state index contributed by atoms with van der Waals surface area (Å²) in [6, 6.07) is 2.37. The zero-order valence-corrected chi connectivity index (χ0v) is 37.5. The van der Waals surface area contributed by atoms with Crippen molar-refractivity contribution < 1.29 is 78.2 Å². The maximum atomic E-state index is 13.1. The number of aliphatic carboxylic acids is 2. The van der Waals surface area contributed by atoms with Crippen LogP contribution in [-0.2, 0) is 24.0 Å². The van der Waals surface area contributed by atoms with Gasteiger partial charge in [-0.25, -0.2) is 4.79 Å². The smallest absolute Gasteiger partial charge is 0.548 e. The van der Waals surface area contributed by atoms with Crippen molar-refractivity contribution in [3.8, 4) is 11.3 Å². The van der Waals surface area contributed by atoms with Gasteiger partial charge in [0, 0.05) is 47.0 Å². The maximum Gasteiger partial charge on any atom is 1.00 e. The van der Waals surface area contributed by atoms with Gasteiger partial charge < -0.3 is 50.0 Å². The van der Waals surface area contributed by atoms with Gasteiger partial charge in [0.25, 0.3) is 5.91 Å². The molecule has 4 N–H and O–H groups in total. The van der Waals surface area contributed by atoms with Crippen molar-refractivity contribution in [3.05, 3.63) is 50.2 Å². The van der Waals surface area contributed by atoms with Crippen molar-refractivity contribution in [1.82, 2.24) is 30.5 Å². The largest absolute Gasteiger partial charge is 1.00 e. The molecule has 1 aromatic carbocycles. The van der Waals surface area contributed by atoms with Crippen LogP contribution in [0.15, 0.2) is 33.3 Å². The molecule has 4 amide bonds. The molecule has 7 rings (SSSR count). The minimum atomic E-state index is -1.32. The van der Waals surface area contributed by atoms with Gasteiger partial charge in [-0.05, 0) is 46.2 Å². The van der Waals surface area contributed by atoms with E-state index in [4.69, 9.17) is 27.7 Å². The van der Waals surface area contributed by atoms with Gasteiger partial charge in [0.05, 0.1) is 46.2 Å². The SMILES string of the molecule is C[C@@H](O)[C@H]1C(=O)N2C(C(=O)O)=C(S[C@@H]3CN[C@H](C(=O)N(C)C)C3)[C@H](C)[C@H]12.Cc1onc(-c2c(Cl)cccc2Cl)c1C(=O)N[C@@H]1C(=O)N2[C@@H]1SC(C)(C)[C@@H]2C(=O)[O-].[Na+]. The number of carbonyl (C=O) groups is 6. The number of benzene rings is 1. The zero-order chi connectivity index (χ0) is 41.3. The number of carboxylic acid groups (broad SMARTS) is 2. The fraction of sp³-hybridized carbons (Fsp3) is 0.528. The van der Waals surface area contributed by atoms with E-state index in [0.29, 0.717) is 33.5 Å². The maximum absolute atomic E-state index is 13.1. The number of β-lactam (4-membered cyclic amide) rings is 2. The van der Waals surface area contributed by atoms with Crippen LogP contribution in [0.2, 0.25) is 10.0 Å². The quantitative estimate of drug-likeness (QED) is 0.168. The number of fused-ring (bicyclic) bond motifs is 2. The van der Waals surface area contributed by atoms with Crippen LogP contribution >= 0.6 is 46.7 Å². The first-order chi connectivity index (χ1) is 26.2. The van der Waals surface area contributed by atoms with Gasteiger partial charge in [-0.15, -0.1) is 23.5 Å². The molecule has 16 nitrogen and oxygen atoms in total. The number of nitrogens with zero attached hydrogens (tertiary/aromatic N) is 4. The first kappa shape index (κ1) is 45.3. The van der Waals surface area contributed by atoms with Crippen molar-refractivity contribution in [2.45, 2.75) is 86.7 Å². The van der Waals surface area contributed by atoms with E-state index in [9.17, 15) is 44.1 Å². The molecular weight excluding hydrogens is 834 g/mol. The summed E-state index contributed by atoms with van der Waals surface area (Å²) in [5.41, 5.74) is 0.653. The fourth-order valence-corrected chi connectivity index (χ4v) is 11.7. The van der Waals surface area contributed by atoms with Gasteiger partial charge in [-0.1, -0.05) is 41.3 Å². The molecule has 0 aliphatic carbocycles. The van der Waals surface area contributed by atoms with E-state index in [1.54, 1.807) is 64.9 Å². The molecule has 0 radical (unpaired) electrons. The van der Waals surface area contributed by atoms with E-state index in [1.807, 2.05) is 6.92 Å². The number of likely N-dealkylation sites (N-methyl/N-ethyl adjacent to an activating group) is 1. The molecule has 5 aliphatic heterocycles. The number of rotatable bonds is 9. The summed E-state index contributed by atoms with van der Waals surface area (Å²) < 4.78 is 4.45. The van der Waals surface area contributed by atoms with Crippen molar-refractivity contribution in [1.29, 1.82) is 0 Å². The van der Waals surface area contributed by atoms with Crippen LogP contribution in [0, 0.1) is 18.8 Å². The topological polar surface area (TPSA) is 226 Å². The fourth-order valence-electron chi connectivity index (χ4n) is 8.03. The third-order valence-corrected chi connectivity index (χ3v) is 14.4. The Kier molecular flexibility index (Phi) is 13.5. The summed E-state index contributed by atoms with van der Waals surface area (Å²) in [6.45, 7) is 9.09. The van der Waals surface area contributed by atoms with E-state index in [-0.39, 0.29) is 87.3 Å². The van der Waals surface area contributed by atoms with Gasteiger partial charge in [0.15, 0.2) is 0 Å². The minimum Gasteiger partial charge on any atom is -0.548 e. The molecule has 1 aromatic heterocycles. The van der Waals surface area contributed by atoms with E-state index in [0.717, 1.165) is 0 Å². The monoisotopic (exact) mass is 874 g/mol. The molecule has 0 spiro atoms. The Morgan fingerprint density at radius 3 is 2.37 bits per heavy atom. The second kappa shape index (κ2) is 17.0. The Hall–Kier alpha value is -2.81. The predicted molar refractivity (Wildman–Crippen MR) is 205 cm³/mol. The number of aliphatic hydroxyl groups excluding tert-OH is 1. The average Bonchev–Trinajstić information content (AvgIpc) is 3.85. The first-order valence-corrected chi connectivity index (χ1v) is 20.2. The molecule has 2 aromatic rings. The Bertz CT molecular complexity index is 2030. The number of amides is 4. The Morgan fingerprint density at radius 2 is 1.81 bits per heavy atom. The molecule has 4 saturated heterocycles. The normalized spacial score (nSPS) is 28.6. The van der Waals surface area contributed by atoms with Crippen LogP contribution in [0.3, 0.4) is 0 Å². The molecule has 4 fully saturated rings. The molecule has 57 heavy (non-hydrogen) atoms. The van der Waals surface area contributed by atoms with Gasteiger partial charge in [0.2, 0.25) is 17.7 Å². The van der Waals surface area contributed by atoms with E-state index in [2.05, 4.69) is 15.8 Å². The number of halogens is 2. The number of hydrogen-bond donors (Lipinski definition) is 4. The first-order valence-electron chi connectivity index (χ1n) is 17.7. The molecule has 6 heterocycles. The summed E-state index contributed by atoms with van der Waals surface area (Å²) in [6.07, 6.45) is -0.190. The number of aromatic nitrogens is 1. The minimum absolute atomic E-state index is 0. The third kappa shape index (κ3) is 7.98. The number of nitrogens with one attached hydrogen (secondary N) is 2. The van der Waals surface area contributed by atoms with Crippen LogP contribution < -0.4 is 45.3 Å². The Morgan fingerprint density at radius 1 is 1.18 bits per heavy atom. The number of hydrogen-bond acceptors (Lipinski definition) is 13. The number of aryl methyl sites for hydroxylation is 1. The van der Waals surface area contributed by atoms with E-state index >= 15 is 0 Å². The van der Waals surface area contributed by atoms with Crippen molar-refractivity contribution >= 4 is 82.3 Å². The molecule has 0 bridgehead atoms. The Balaban J connectivity index is 0.000000216. The van der Waals surface area contributed by atoms with Gasteiger partial charge in [0.1, 0.15) is 34.1 Å². The summed E-state index contributed by atoms with van der Waals surface area (Å²) in [5.74, 6) is -4.29. The molecule has 9 atom stereocenters. The molecule has 0 saturated carbocycles. The van der Waals surface area contributed by atoms with Crippen LogP contribution in [-0.4, -0.2) is 132 Å². The van der Waals surface area contributed by atoms with Gasteiger partial charge in [-0.3, -0.25) is 19.2 Å². The average molecular weight is 876 g/mol. The zero-order valence-electron chi connectivity index (χ0n) is 32.4. The van der Waals surface area contributed by atoms with Crippen LogP contribution in [0.4, 0.5) is 0 Å². The van der Waals surface area contributed by atoms with Gasteiger partial charge >= 0.3 is 35.5 Å². The number of carboxylic acids is 2. The molecule has 21 heteroatoms. The van der Waals surface area contributed by atoms with Crippen LogP contribution in [0.1, 0.15) is 50.2 Å². The Labute approximate surface area is 369 Å². The second-order valence-corrected chi connectivity index (χ2v) is 19.0. The summed E-state index contributed by atoms with van der Waals surface area (Å²) in [4.78, 5) is 78.2. The van der Waals surface area contributed by atoms with Crippen molar-refractivity contribution in [3.63, 3.8) is 0 Å². The van der Waals surface area contributed by atoms with Crippen molar-refractivity contribution in [2.24, 2.45) is 11.8 Å². The molecule has 0 unspecified atom stereocenters. The summed E-state index contributed by atoms with van der Waals surface area (Å²) in [5, 5.41) is 41.0. The molecular formula is C36H41Cl2N6NaO10S2. The predicted octanol–water partition coefficient (Wildman–Crippen LogP) is -1.44. The second-order valence-electron chi connectivity index (χ2n) is 15.0. The summed E-state index contributed by atoms with van der Waals surface area (Å²) in [7, 11) is 3.42. The van der Waals surface area contributed by atoms with Crippen molar-refractivity contribution in [2.75, 3.05) is 20.6 Å². The van der Waals surface area contributed by atoms with Crippen LogP contribution in [0.5, 0.6) is 0 Å². The third-order valence-electron chi connectivity index (χ3n) is 10.7. The van der Waals surface area contributed by atoms with E-state index < -0.39 is 58.0 Å². The number of carbonyl (C=O) groups excluding carboxylic acids is 5. The molecule has 5 aliphatic rings. The molecule has 302 valence electrons. The van der Waals surface area contributed by atoms with Gasteiger partial charge in [-0.2, -0.15) is 0 Å². The van der Waals surface area contributed by atoms with Crippen LogP contribution in [0.25, 0.3) is 11.3 Å².